The number of aromatic nitrogens is 4. The van der Waals surface area contributed by atoms with Crippen LogP contribution in [-0.4, -0.2) is 77.3 Å². The number of rotatable bonds is 4. The van der Waals surface area contributed by atoms with Gasteiger partial charge < -0.3 is 14.5 Å². The highest BCUT2D eigenvalue weighted by atomic mass is 16.5. The first kappa shape index (κ1) is 15.1. The molecule has 2 aromatic rings. The van der Waals surface area contributed by atoms with E-state index < -0.39 is 0 Å². The summed E-state index contributed by atoms with van der Waals surface area (Å²) in [6.45, 7) is 5.95. The van der Waals surface area contributed by atoms with E-state index in [1.165, 1.54) is 0 Å². The molecule has 24 heavy (non-hydrogen) atoms. The van der Waals surface area contributed by atoms with E-state index in [1.807, 2.05) is 6.07 Å². The lowest BCUT2D eigenvalue weighted by atomic mass is 10.1. The van der Waals surface area contributed by atoms with E-state index in [-0.39, 0.29) is 0 Å². The third-order valence-corrected chi connectivity index (χ3v) is 4.64. The smallest absolute Gasteiger partial charge is 0.228 e. The van der Waals surface area contributed by atoms with Crippen LogP contribution in [0.3, 0.4) is 0 Å². The minimum absolute atomic E-state index is 0.568. The van der Waals surface area contributed by atoms with Gasteiger partial charge in [0.15, 0.2) is 0 Å². The highest BCUT2D eigenvalue weighted by molar-refractivity contribution is 5.37. The van der Waals surface area contributed by atoms with Crippen molar-refractivity contribution < 1.29 is 4.74 Å². The number of methoxy groups -OCH3 is 1. The second-order valence-electron chi connectivity index (χ2n) is 6.03. The summed E-state index contributed by atoms with van der Waals surface area (Å²) in [5.74, 6) is 2.19. The lowest BCUT2D eigenvalue weighted by molar-refractivity contribution is 0.155. The third kappa shape index (κ3) is 2.96. The number of ether oxygens (including phenoxy) is 1. The Morgan fingerprint density at radius 1 is 0.917 bits per heavy atom. The predicted octanol–water partition coefficient (Wildman–Crippen LogP) is 0.286. The Labute approximate surface area is 141 Å². The molecule has 0 saturated carbocycles. The molecule has 0 atom stereocenters. The fraction of sp³-hybridized carbons (Fsp3) is 0.500. The summed E-state index contributed by atoms with van der Waals surface area (Å²) in [7, 11) is 1.63. The number of hydrogen-bond acceptors (Lipinski definition) is 8. The van der Waals surface area contributed by atoms with Crippen LogP contribution in [0.15, 0.2) is 30.7 Å². The van der Waals surface area contributed by atoms with Crippen molar-refractivity contribution in [3.63, 3.8) is 0 Å². The summed E-state index contributed by atoms with van der Waals surface area (Å²) < 4.78 is 5.17. The zero-order valence-electron chi connectivity index (χ0n) is 13.7. The van der Waals surface area contributed by atoms with Crippen LogP contribution in [0, 0.1) is 0 Å². The molecule has 0 amide bonds. The number of anilines is 2. The Morgan fingerprint density at radius 2 is 1.62 bits per heavy atom. The number of nitrogens with zero attached hydrogens (tertiary/aromatic N) is 7. The summed E-state index contributed by atoms with van der Waals surface area (Å²) in [6, 6.07) is 4.19. The fourth-order valence-electron chi connectivity index (χ4n) is 3.19. The van der Waals surface area contributed by atoms with Crippen molar-refractivity contribution in [1.82, 2.24) is 24.8 Å². The van der Waals surface area contributed by atoms with E-state index in [0.29, 0.717) is 11.9 Å². The molecule has 8 nitrogen and oxygen atoms in total. The number of hydrogen-bond donors (Lipinski definition) is 0. The highest BCUT2D eigenvalue weighted by Crippen LogP contribution is 2.23. The van der Waals surface area contributed by atoms with Gasteiger partial charge in [-0.25, -0.2) is 15.0 Å². The summed E-state index contributed by atoms with van der Waals surface area (Å²) in [5, 5.41) is 0. The molecule has 0 radical (unpaired) electrons. The molecule has 2 aliphatic heterocycles. The molecule has 4 heterocycles. The van der Waals surface area contributed by atoms with Crippen molar-refractivity contribution in [2.24, 2.45) is 0 Å². The molecule has 0 spiro atoms. The number of piperazine rings is 1. The van der Waals surface area contributed by atoms with E-state index in [0.717, 1.165) is 51.2 Å². The zero-order valence-corrected chi connectivity index (χ0v) is 13.7. The van der Waals surface area contributed by atoms with Crippen LogP contribution in [0.4, 0.5) is 11.9 Å². The Hall–Kier alpha value is -2.48. The highest BCUT2D eigenvalue weighted by Gasteiger charge is 2.35. The van der Waals surface area contributed by atoms with E-state index in [2.05, 4.69) is 34.6 Å². The molecule has 0 N–H and O–H groups in total. The quantitative estimate of drug-likeness (QED) is 0.793. The van der Waals surface area contributed by atoms with Gasteiger partial charge in [0.05, 0.1) is 7.11 Å². The molecular formula is C16H21N7O. The second kappa shape index (κ2) is 6.56. The maximum Gasteiger partial charge on any atom is 0.228 e. The van der Waals surface area contributed by atoms with Gasteiger partial charge in [-0.15, -0.1) is 0 Å². The normalized spacial score (nSPS) is 19.2. The molecule has 0 bridgehead atoms. The summed E-state index contributed by atoms with van der Waals surface area (Å²) >= 11 is 0. The van der Waals surface area contributed by atoms with Gasteiger partial charge in [-0.3, -0.25) is 4.90 Å². The standard InChI is InChI=1S/C16H21N7O/c1-24-14-3-6-19-16(20-14)23-11-13(12-23)21-7-9-22(10-8-21)15-17-4-2-5-18-15/h2-6,13H,7-12H2,1H3. The van der Waals surface area contributed by atoms with Gasteiger partial charge in [-0.2, -0.15) is 4.98 Å². The molecule has 0 aromatic carbocycles. The summed E-state index contributed by atoms with van der Waals surface area (Å²) in [6.07, 6.45) is 5.34. The molecule has 2 aromatic heterocycles. The van der Waals surface area contributed by atoms with Crippen molar-refractivity contribution in [3.05, 3.63) is 30.7 Å². The van der Waals surface area contributed by atoms with E-state index in [4.69, 9.17) is 4.74 Å². The van der Waals surface area contributed by atoms with Crippen molar-refractivity contribution in [1.29, 1.82) is 0 Å². The van der Waals surface area contributed by atoms with Crippen LogP contribution in [0.2, 0.25) is 0 Å². The fourth-order valence-corrected chi connectivity index (χ4v) is 3.19. The lowest BCUT2D eigenvalue weighted by Gasteiger charge is -2.48. The van der Waals surface area contributed by atoms with Crippen LogP contribution < -0.4 is 14.5 Å². The Morgan fingerprint density at radius 3 is 2.33 bits per heavy atom. The second-order valence-corrected chi connectivity index (χ2v) is 6.03. The molecule has 2 saturated heterocycles. The SMILES string of the molecule is COc1ccnc(N2CC(N3CCN(c4ncccn4)CC3)C2)n1. The molecular weight excluding hydrogens is 306 g/mol. The van der Waals surface area contributed by atoms with Gasteiger partial charge in [0.2, 0.25) is 17.8 Å². The van der Waals surface area contributed by atoms with Gasteiger partial charge in [0, 0.05) is 70.0 Å². The predicted molar refractivity (Wildman–Crippen MR) is 90.4 cm³/mol. The van der Waals surface area contributed by atoms with Crippen molar-refractivity contribution in [2.75, 3.05) is 56.2 Å². The van der Waals surface area contributed by atoms with Gasteiger partial charge >= 0.3 is 0 Å². The third-order valence-electron chi connectivity index (χ3n) is 4.64. The van der Waals surface area contributed by atoms with Crippen LogP contribution in [0.1, 0.15) is 0 Å². The molecule has 126 valence electrons. The van der Waals surface area contributed by atoms with E-state index in [1.54, 1.807) is 31.8 Å². The van der Waals surface area contributed by atoms with Gasteiger partial charge in [-0.1, -0.05) is 0 Å². The van der Waals surface area contributed by atoms with E-state index >= 15 is 0 Å². The largest absolute Gasteiger partial charge is 0.481 e. The van der Waals surface area contributed by atoms with Gasteiger partial charge in [0.25, 0.3) is 0 Å². The average Bonchev–Trinajstić information content (AvgIpc) is 2.62. The molecule has 0 aliphatic carbocycles. The van der Waals surface area contributed by atoms with Crippen LogP contribution in [0.25, 0.3) is 0 Å². The lowest BCUT2D eigenvalue weighted by Crippen LogP contribution is -2.63. The van der Waals surface area contributed by atoms with Gasteiger partial charge in [0.1, 0.15) is 0 Å². The average molecular weight is 327 g/mol. The maximum absolute atomic E-state index is 5.17. The minimum atomic E-state index is 0.568. The Balaban J connectivity index is 1.29. The topological polar surface area (TPSA) is 70.5 Å². The zero-order chi connectivity index (χ0) is 16.4. The molecule has 2 aliphatic rings. The van der Waals surface area contributed by atoms with Crippen molar-refractivity contribution >= 4 is 11.9 Å². The minimum Gasteiger partial charge on any atom is -0.481 e. The Kier molecular flexibility index (Phi) is 4.12. The van der Waals surface area contributed by atoms with Crippen LogP contribution in [0.5, 0.6) is 5.88 Å². The monoisotopic (exact) mass is 327 g/mol. The first-order valence-corrected chi connectivity index (χ1v) is 8.21. The first-order valence-electron chi connectivity index (χ1n) is 8.21. The molecule has 2 fully saturated rings. The van der Waals surface area contributed by atoms with Gasteiger partial charge in [-0.05, 0) is 6.07 Å². The van der Waals surface area contributed by atoms with E-state index in [9.17, 15) is 0 Å². The maximum atomic E-state index is 5.17. The first-order chi connectivity index (χ1) is 11.8. The summed E-state index contributed by atoms with van der Waals surface area (Å²) in [4.78, 5) is 24.4. The molecule has 4 rings (SSSR count). The molecule has 8 heteroatoms. The molecule has 0 unspecified atom stereocenters. The summed E-state index contributed by atoms with van der Waals surface area (Å²) in [5.41, 5.74) is 0. The van der Waals surface area contributed by atoms with Crippen LogP contribution in [-0.2, 0) is 0 Å². The Bertz CT molecular complexity index is 669. The van der Waals surface area contributed by atoms with Crippen molar-refractivity contribution in [3.8, 4) is 5.88 Å². The van der Waals surface area contributed by atoms with Crippen molar-refractivity contribution in [2.45, 2.75) is 6.04 Å². The van der Waals surface area contributed by atoms with Crippen LogP contribution >= 0.6 is 0 Å².